The largest absolute Gasteiger partial charge is 0.477 e. The van der Waals surface area contributed by atoms with E-state index in [1.807, 2.05) is 36.4 Å². The van der Waals surface area contributed by atoms with Crippen molar-refractivity contribution in [3.8, 4) is 0 Å². The highest BCUT2D eigenvalue weighted by Gasteiger charge is 2.19. The van der Waals surface area contributed by atoms with Crippen LogP contribution in [0.15, 0.2) is 58.3 Å². The van der Waals surface area contributed by atoms with Gasteiger partial charge in [-0.1, -0.05) is 36.0 Å². The van der Waals surface area contributed by atoms with Crippen LogP contribution in [-0.4, -0.2) is 47.1 Å². The van der Waals surface area contributed by atoms with E-state index in [0.29, 0.717) is 0 Å². The van der Waals surface area contributed by atoms with Crippen LogP contribution in [0.25, 0.3) is 10.9 Å². The van der Waals surface area contributed by atoms with E-state index in [9.17, 15) is 9.90 Å². The molecule has 3 N–H and O–H groups in total. The quantitative estimate of drug-likeness (QED) is 0.627. The Hall–Kier alpha value is -2.28. The first-order valence-corrected chi connectivity index (χ1v) is 10.1. The molecule has 0 radical (unpaired) electrons. The van der Waals surface area contributed by atoms with E-state index in [1.54, 1.807) is 0 Å². The number of aromatic nitrogens is 1. The van der Waals surface area contributed by atoms with Crippen molar-refractivity contribution in [1.29, 1.82) is 0 Å². The Kier molecular flexibility index (Phi) is 5.48. The first kappa shape index (κ1) is 18.1. The van der Waals surface area contributed by atoms with Gasteiger partial charge >= 0.3 is 5.97 Å². The molecule has 0 spiro atoms. The molecule has 1 saturated heterocycles. The maximum absolute atomic E-state index is 11.8. The standard InChI is InChI=1S/C21H23N3O2S/c25-21(26)19-20(27-16-5-2-1-3-6-16)17-13-15(7-8-18(17)23-19)14-24-11-4-9-22-10-12-24/h1-3,5-8,13,22-23H,4,9-12,14H2,(H,25,26). The molecule has 4 rings (SSSR count). The van der Waals surface area contributed by atoms with E-state index in [-0.39, 0.29) is 5.69 Å². The number of carboxylic acid groups (broad SMARTS) is 1. The van der Waals surface area contributed by atoms with Gasteiger partial charge in [-0.25, -0.2) is 4.79 Å². The number of nitrogens with one attached hydrogen (secondary N) is 2. The number of carbonyl (C=O) groups is 1. The van der Waals surface area contributed by atoms with Gasteiger partial charge in [-0.15, -0.1) is 0 Å². The Bertz CT molecular complexity index is 931. The monoisotopic (exact) mass is 381 g/mol. The predicted octanol–water partition coefficient (Wildman–Crippen LogP) is 3.81. The number of aromatic carboxylic acids is 1. The van der Waals surface area contributed by atoms with Gasteiger partial charge in [-0.2, -0.15) is 0 Å². The summed E-state index contributed by atoms with van der Waals surface area (Å²) < 4.78 is 0. The number of fused-ring (bicyclic) bond motifs is 1. The second-order valence-electron chi connectivity index (χ2n) is 6.81. The summed E-state index contributed by atoms with van der Waals surface area (Å²) in [6, 6.07) is 16.1. The summed E-state index contributed by atoms with van der Waals surface area (Å²) in [6.07, 6.45) is 1.16. The molecule has 3 aromatic rings. The minimum Gasteiger partial charge on any atom is -0.477 e. The Morgan fingerprint density at radius 1 is 1.11 bits per heavy atom. The van der Waals surface area contributed by atoms with E-state index in [0.717, 1.165) is 59.8 Å². The first-order valence-electron chi connectivity index (χ1n) is 9.24. The van der Waals surface area contributed by atoms with Gasteiger partial charge in [-0.05, 0) is 49.3 Å². The smallest absolute Gasteiger partial charge is 0.353 e. The van der Waals surface area contributed by atoms with Crippen molar-refractivity contribution in [1.82, 2.24) is 15.2 Å². The van der Waals surface area contributed by atoms with E-state index in [2.05, 4.69) is 27.3 Å². The molecule has 140 valence electrons. The highest BCUT2D eigenvalue weighted by molar-refractivity contribution is 7.99. The molecule has 0 bridgehead atoms. The maximum Gasteiger partial charge on any atom is 0.353 e. The minimum atomic E-state index is -0.926. The molecule has 1 aromatic heterocycles. The molecule has 1 aliphatic heterocycles. The second kappa shape index (κ2) is 8.17. The van der Waals surface area contributed by atoms with Gasteiger partial charge in [0, 0.05) is 35.4 Å². The lowest BCUT2D eigenvalue weighted by atomic mass is 10.1. The zero-order valence-electron chi connectivity index (χ0n) is 15.1. The van der Waals surface area contributed by atoms with Crippen LogP contribution in [0.2, 0.25) is 0 Å². The highest BCUT2D eigenvalue weighted by atomic mass is 32.2. The fourth-order valence-corrected chi connectivity index (χ4v) is 4.54. The van der Waals surface area contributed by atoms with E-state index < -0.39 is 5.97 Å². The molecule has 5 nitrogen and oxygen atoms in total. The maximum atomic E-state index is 11.8. The fourth-order valence-electron chi connectivity index (χ4n) is 3.49. The molecule has 1 fully saturated rings. The molecular formula is C21H23N3O2S. The second-order valence-corrected chi connectivity index (χ2v) is 7.89. The van der Waals surface area contributed by atoms with E-state index >= 15 is 0 Å². The predicted molar refractivity (Wildman–Crippen MR) is 109 cm³/mol. The van der Waals surface area contributed by atoms with Crippen LogP contribution in [0, 0.1) is 0 Å². The van der Waals surface area contributed by atoms with Gasteiger partial charge in [0.05, 0.1) is 4.90 Å². The summed E-state index contributed by atoms with van der Waals surface area (Å²) in [4.78, 5) is 19.1. The zero-order chi connectivity index (χ0) is 18.6. The average molecular weight is 382 g/mol. The first-order chi connectivity index (χ1) is 13.2. The Balaban J connectivity index is 1.68. The Labute approximate surface area is 162 Å². The topological polar surface area (TPSA) is 68.4 Å². The fraction of sp³-hybridized carbons (Fsp3) is 0.286. The van der Waals surface area contributed by atoms with E-state index in [4.69, 9.17) is 0 Å². The molecule has 0 unspecified atom stereocenters. The summed E-state index contributed by atoms with van der Waals surface area (Å²) in [7, 11) is 0. The van der Waals surface area contributed by atoms with Gasteiger partial charge < -0.3 is 15.4 Å². The minimum absolute atomic E-state index is 0.259. The number of rotatable bonds is 5. The van der Waals surface area contributed by atoms with Crippen molar-refractivity contribution in [2.75, 3.05) is 26.2 Å². The van der Waals surface area contributed by atoms with Gasteiger partial charge in [-0.3, -0.25) is 4.90 Å². The Morgan fingerprint density at radius 3 is 2.78 bits per heavy atom. The van der Waals surface area contributed by atoms with Gasteiger partial charge in [0.15, 0.2) is 0 Å². The molecule has 6 heteroatoms. The van der Waals surface area contributed by atoms with E-state index in [1.165, 1.54) is 17.3 Å². The van der Waals surface area contributed by atoms with Crippen molar-refractivity contribution in [2.45, 2.75) is 22.8 Å². The average Bonchev–Trinajstić information content (AvgIpc) is 2.84. The van der Waals surface area contributed by atoms with Crippen molar-refractivity contribution in [3.63, 3.8) is 0 Å². The molecule has 0 aliphatic carbocycles. The lowest BCUT2D eigenvalue weighted by molar-refractivity contribution is 0.0688. The molecule has 0 amide bonds. The molecule has 27 heavy (non-hydrogen) atoms. The SMILES string of the molecule is O=C(O)c1[nH]c2ccc(CN3CCCNCC3)cc2c1Sc1ccccc1. The van der Waals surface area contributed by atoms with Gasteiger partial charge in [0.2, 0.25) is 0 Å². The van der Waals surface area contributed by atoms with Crippen LogP contribution in [0.4, 0.5) is 0 Å². The van der Waals surface area contributed by atoms with Gasteiger partial charge in [0.1, 0.15) is 5.69 Å². The number of H-pyrrole nitrogens is 1. The van der Waals surface area contributed by atoms with Crippen LogP contribution in [0.5, 0.6) is 0 Å². The molecule has 2 heterocycles. The third-order valence-electron chi connectivity index (χ3n) is 4.83. The third-order valence-corrected chi connectivity index (χ3v) is 5.97. The summed E-state index contributed by atoms with van der Waals surface area (Å²) in [5, 5.41) is 14.1. The van der Waals surface area contributed by atoms with Crippen LogP contribution < -0.4 is 5.32 Å². The summed E-state index contributed by atoms with van der Waals surface area (Å²) in [5.74, 6) is -0.926. The van der Waals surface area contributed by atoms with Crippen molar-refractivity contribution >= 4 is 28.6 Å². The van der Waals surface area contributed by atoms with Crippen molar-refractivity contribution in [2.24, 2.45) is 0 Å². The number of aromatic amines is 1. The number of hydrogen-bond donors (Lipinski definition) is 3. The summed E-state index contributed by atoms with van der Waals surface area (Å²) in [6.45, 7) is 5.11. The zero-order valence-corrected chi connectivity index (χ0v) is 15.9. The number of benzene rings is 2. The highest BCUT2D eigenvalue weighted by Crippen LogP contribution is 2.37. The number of nitrogens with zero attached hydrogens (tertiary/aromatic N) is 1. The summed E-state index contributed by atoms with van der Waals surface area (Å²) >= 11 is 1.50. The van der Waals surface area contributed by atoms with Crippen molar-refractivity contribution < 1.29 is 9.90 Å². The van der Waals surface area contributed by atoms with Crippen molar-refractivity contribution in [3.05, 3.63) is 59.8 Å². The normalized spacial score (nSPS) is 15.7. The van der Waals surface area contributed by atoms with Crippen LogP contribution in [0.1, 0.15) is 22.5 Å². The summed E-state index contributed by atoms with van der Waals surface area (Å²) in [5.41, 5.74) is 2.34. The molecular weight excluding hydrogens is 358 g/mol. The lowest BCUT2D eigenvalue weighted by Gasteiger charge is -2.19. The van der Waals surface area contributed by atoms with Gasteiger partial charge in [0.25, 0.3) is 0 Å². The molecule has 0 atom stereocenters. The van der Waals surface area contributed by atoms with Crippen LogP contribution >= 0.6 is 11.8 Å². The number of hydrogen-bond acceptors (Lipinski definition) is 4. The number of carboxylic acids is 1. The molecule has 0 saturated carbocycles. The third kappa shape index (κ3) is 4.18. The Morgan fingerprint density at radius 2 is 1.96 bits per heavy atom. The lowest BCUT2D eigenvalue weighted by Crippen LogP contribution is -2.27. The molecule has 2 aromatic carbocycles. The van der Waals surface area contributed by atoms with Crippen LogP contribution in [-0.2, 0) is 6.54 Å². The van der Waals surface area contributed by atoms with Crippen LogP contribution in [0.3, 0.4) is 0 Å². The molecule has 1 aliphatic rings.